The van der Waals surface area contributed by atoms with E-state index < -0.39 is 0 Å². The summed E-state index contributed by atoms with van der Waals surface area (Å²) in [6, 6.07) is 5.77. The highest BCUT2D eigenvalue weighted by atomic mass is 32.2. The fourth-order valence-electron chi connectivity index (χ4n) is 2.05. The Morgan fingerprint density at radius 1 is 1.50 bits per heavy atom. The zero-order valence-corrected chi connectivity index (χ0v) is 10.4. The Morgan fingerprint density at radius 2 is 2.38 bits per heavy atom. The summed E-state index contributed by atoms with van der Waals surface area (Å²) in [5, 5.41) is 3.53. The van der Waals surface area contributed by atoms with Gasteiger partial charge in [0.25, 0.3) is 0 Å². The average Bonchev–Trinajstić information content (AvgIpc) is 2.31. The predicted octanol–water partition coefficient (Wildman–Crippen LogP) is 3.75. The van der Waals surface area contributed by atoms with Crippen molar-refractivity contribution in [1.82, 2.24) is 5.32 Å². The third-order valence-electron chi connectivity index (χ3n) is 2.95. The minimum Gasteiger partial charge on any atom is -0.310 e. The first-order valence-electron chi connectivity index (χ1n) is 5.97. The van der Waals surface area contributed by atoms with Crippen molar-refractivity contribution >= 4 is 11.8 Å². The van der Waals surface area contributed by atoms with Gasteiger partial charge in [-0.15, -0.1) is 11.8 Å². The maximum atomic E-state index is 13.6. The fraction of sp³-hybridized carbons (Fsp3) is 0.538. The van der Waals surface area contributed by atoms with E-state index in [4.69, 9.17) is 0 Å². The number of hydrogen-bond donors (Lipinski definition) is 1. The van der Waals surface area contributed by atoms with Crippen LogP contribution in [-0.2, 0) is 0 Å². The van der Waals surface area contributed by atoms with Crippen LogP contribution in [-0.4, -0.2) is 12.3 Å². The molecule has 1 N–H and O–H groups in total. The van der Waals surface area contributed by atoms with Gasteiger partial charge in [-0.25, -0.2) is 4.39 Å². The van der Waals surface area contributed by atoms with Crippen molar-refractivity contribution in [1.29, 1.82) is 0 Å². The van der Waals surface area contributed by atoms with E-state index in [0.29, 0.717) is 6.04 Å². The van der Waals surface area contributed by atoms with Gasteiger partial charge in [-0.1, -0.05) is 25.5 Å². The van der Waals surface area contributed by atoms with Crippen molar-refractivity contribution < 1.29 is 4.39 Å². The summed E-state index contributed by atoms with van der Waals surface area (Å²) in [7, 11) is 0. The van der Waals surface area contributed by atoms with Crippen LogP contribution >= 0.6 is 11.8 Å². The Bertz CT molecular complexity index is 354. The van der Waals surface area contributed by atoms with Gasteiger partial charge in [-0.3, -0.25) is 0 Å². The Kier molecular flexibility index (Phi) is 4.24. The van der Waals surface area contributed by atoms with E-state index in [1.165, 1.54) is 12.8 Å². The van der Waals surface area contributed by atoms with Crippen molar-refractivity contribution in [3.63, 3.8) is 0 Å². The van der Waals surface area contributed by atoms with Crippen LogP contribution in [0, 0.1) is 5.82 Å². The molecule has 0 amide bonds. The van der Waals surface area contributed by atoms with E-state index in [9.17, 15) is 4.39 Å². The fourth-order valence-corrected chi connectivity index (χ4v) is 3.19. The molecular formula is C13H18FNS. The molecule has 1 unspecified atom stereocenters. The van der Waals surface area contributed by atoms with Crippen molar-refractivity contribution in [2.24, 2.45) is 0 Å². The molecule has 16 heavy (non-hydrogen) atoms. The van der Waals surface area contributed by atoms with Gasteiger partial charge in [0.15, 0.2) is 0 Å². The van der Waals surface area contributed by atoms with Gasteiger partial charge in [0.05, 0.1) is 0 Å². The summed E-state index contributed by atoms with van der Waals surface area (Å²) in [5.74, 6) is 0.946. The zero-order valence-electron chi connectivity index (χ0n) is 9.63. The minimum absolute atomic E-state index is 0.0653. The molecular weight excluding hydrogens is 221 g/mol. The summed E-state index contributed by atoms with van der Waals surface area (Å²) in [6.07, 6.45) is 3.49. The number of halogens is 1. The third kappa shape index (κ3) is 2.58. The lowest BCUT2D eigenvalue weighted by atomic mass is 10.0. The summed E-state index contributed by atoms with van der Waals surface area (Å²) >= 11 is 1.64. The van der Waals surface area contributed by atoms with Gasteiger partial charge in [0.1, 0.15) is 5.82 Å². The highest BCUT2D eigenvalue weighted by Crippen LogP contribution is 2.37. The van der Waals surface area contributed by atoms with Crippen molar-refractivity contribution in [2.75, 3.05) is 12.3 Å². The molecule has 1 aromatic carbocycles. The van der Waals surface area contributed by atoms with Crippen LogP contribution in [0.1, 0.15) is 37.8 Å². The largest absolute Gasteiger partial charge is 0.310 e. The monoisotopic (exact) mass is 239 g/mol. The lowest BCUT2D eigenvalue weighted by Gasteiger charge is -2.26. The standard InChI is InChI=1S/C13H18FNS/c1-2-3-8-15-12-7-9-16-13-10(12)5-4-6-11(13)14/h4-6,12,15H,2-3,7-9H2,1H3. The van der Waals surface area contributed by atoms with E-state index in [1.807, 2.05) is 12.1 Å². The molecule has 88 valence electrons. The molecule has 0 bridgehead atoms. The van der Waals surface area contributed by atoms with Crippen LogP contribution < -0.4 is 5.32 Å². The molecule has 1 aliphatic rings. The van der Waals surface area contributed by atoms with Gasteiger partial charge in [-0.05, 0) is 36.8 Å². The number of hydrogen-bond acceptors (Lipinski definition) is 2. The Morgan fingerprint density at radius 3 is 3.19 bits per heavy atom. The van der Waals surface area contributed by atoms with Crippen LogP contribution in [0.3, 0.4) is 0 Å². The molecule has 0 aliphatic carbocycles. The molecule has 0 saturated carbocycles. The molecule has 0 aromatic heterocycles. The normalized spacial score (nSPS) is 19.5. The molecule has 0 fully saturated rings. The van der Waals surface area contributed by atoms with E-state index >= 15 is 0 Å². The molecule has 1 aliphatic heterocycles. The van der Waals surface area contributed by atoms with Gasteiger partial charge in [-0.2, -0.15) is 0 Å². The molecule has 1 heterocycles. The zero-order chi connectivity index (χ0) is 11.4. The highest BCUT2D eigenvalue weighted by Gasteiger charge is 2.22. The average molecular weight is 239 g/mol. The van der Waals surface area contributed by atoms with E-state index in [-0.39, 0.29) is 5.82 Å². The van der Waals surface area contributed by atoms with E-state index in [0.717, 1.165) is 29.2 Å². The molecule has 3 heteroatoms. The molecule has 0 spiro atoms. The minimum atomic E-state index is -0.0653. The first kappa shape index (κ1) is 11.9. The van der Waals surface area contributed by atoms with Gasteiger partial charge < -0.3 is 5.32 Å². The maximum Gasteiger partial charge on any atom is 0.137 e. The Balaban J connectivity index is 2.10. The van der Waals surface area contributed by atoms with Crippen molar-refractivity contribution in [3.05, 3.63) is 29.6 Å². The second-order valence-electron chi connectivity index (χ2n) is 4.16. The number of benzene rings is 1. The number of thioether (sulfide) groups is 1. The smallest absolute Gasteiger partial charge is 0.137 e. The highest BCUT2D eigenvalue weighted by molar-refractivity contribution is 7.99. The lowest BCUT2D eigenvalue weighted by Crippen LogP contribution is -2.25. The van der Waals surface area contributed by atoms with E-state index in [2.05, 4.69) is 12.2 Å². The molecule has 2 rings (SSSR count). The third-order valence-corrected chi connectivity index (χ3v) is 4.11. The Labute approximate surface area is 101 Å². The molecule has 1 aromatic rings. The molecule has 1 atom stereocenters. The number of rotatable bonds is 4. The number of nitrogens with one attached hydrogen (secondary N) is 1. The first-order chi connectivity index (χ1) is 7.83. The molecule has 0 radical (unpaired) electrons. The summed E-state index contributed by atoms with van der Waals surface area (Å²) in [4.78, 5) is 0.850. The molecule has 1 nitrogen and oxygen atoms in total. The van der Waals surface area contributed by atoms with Crippen LogP contribution in [0.2, 0.25) is 0 Å². The van der Waals surface area contributed by atoms with Gasteiger partial charge >= 0.3 is 0 Å². The summed E-state index contributed by atoms with van der Waals surface area (Å²) < 4.78 is 13.6. The second kappa shape index (κ2) is 5.69. The maximum absolute atomic E-state index is 13.6. The molecule has 0 saturated heterocycles. The number of fused-ring (bicyclic) bond motifs is 1. The lowest BCUT2D eigenvalue weighted by molar-refractivity contribution is 0.489. The van der Waals surface area contributed by atoms with Gasteiger partial charge in [0.2, 0.25) is 0 Å². The van der Waals surface area contributed by atoms with Crippen molar-refractivity contribution in [2.45, 2.75) is 37.1 Å². The predicted molar refractivity (Wildman–Crippen MR) is 67.4 cm³/mol. The summed E-state index contributed by atoms with van der Waals surface area (Å²) in [5.41, 5.74) is 1.15. The SMILES string of the molecule is CCCCNC1CCSc2c(F)cccc21. The Hall–Kier alpha value is -0.540. The quantitative estimate of drug-likeness (QED) is 0.803. The first-order valence-corrected chi connectivity index (χ1v) is 6.96. The second-order valence-corrected chi connectivity index (χ2v) is 5.26. The van der Waals surface area contributed by atoms with Crippen LogP contribution in [0.4, 0.5) is 4.39 Å². The summed E-state index contributed by atoms with van der Waals surface area (Å²) in [6.45, 7) is 3.22. The van der Waals surface area contributed by atoms with Crippen LogP contribution in [0.15, 0.2) is 23.1 Å². The van der Waals surface area contributed by atoms with Crippen LogP contribution in [0.5, 0.6) is 0 Å². The van der Waals surface area contributed by atoms with E-state index in [1.54, 1.807) is 17.8 Å². The van der Waals surface area contributed by atoms with Crippen molar-refractivity contribution in [3.8, 4) is 0 Å². The van der Waals surface area contributed by atoms with Crippen LogP contribution in [0.25, 0.3) is 0 Å². The number of unbranched alkanes of at least 4 members (excludes halogenated alkanes) is 1. The van der Waals surface area contributed by atoms with Gasteiger partial charge in [0, 0.05) is 10.9 Å². The topological polar surface area (TPSA) is 12.0 Å².